The molecule has 0 aliphatic carbocycles. The minimum Gasteiger partial charge on any atom is -0.446 e. The van der Waals surface area contributed by atoms with Crippen molar-refractivity contribution in [2.45, 2.75) is 24.5 Å². The van der Waals surface area contributed by atoms with Crippen LogP contribution >= 0.6 is 11.8 Å². The quantitative estimate of drug-likeness (QED) is 0.481. The van der Waals surface area contributed by atoms with Gasteiger partial charge in [-0.15, -0.1) is 0 Å². The van der Waals surface area contributed by atoms with Gasteiger partial charge in [0, 0.05) is 28.9 Å². The van der Waals surface area contributed by atoms with Crippen LogP contribution in [0.1, 0.15) is 46.5 Å². The van der Waals surface area contributed by atoms with Gasteiger partial charge in [-0.3, -0.25) is 4.79 Å². The van der Waals surface area contributed by atoms with Crippen molar-refractivity contribution < 1.29 is 31.5 Å². The molecule has 1 fully saturated rings. The fourth-order valence-corrected chi connectivity index (χ4v) is 5.49. The first-order valence-corrected chi connectivity index (χ1v) is 11.7. The van der Waals surface area contributed by atoms with Crippen LogP contribution in [-0.4, -0.2) is 28.4 Å². The number of nitrogens with zero attached hydrogens (tertiary/aromatic N) is 2. The molecule has 6 nitrogen and oxygen atoms in total. The molecule has 11 heteroatoms. The number of hydrogen-bond donors (Lipinski definition) is 1. The van der Waals surface area contributed by atoms with E-state index in [2.05, 4.69) is 10.3 Å². The average Bonchev–Trinajstić information content (AvgIpc) is 3.35. The Morgan fingerprint density at radius 1 is 1.17 bits per heavy atom. The molecule has 3 heterocycles. The first-order valence-electron chi connectivity index (χ1n) is 10.8. The standard InChI is InChI=1S/C24H19F4N3O3S/c25-15-6-7-16(17(26)9-15)24-12-34-19(22-29-18(10-33-22)20(27)28)8-14(24)11-35-23(31-24)30-21(32)13-4-2-1-3-5-13/h1-7,9-10,14,19-20H,8,11-12H2,(H,30,31,32). The Balaban J connectivity index is 1.48. The van der Waals surface area contributed by atoms with E-state index in [9.17, 15) is 22.4 Å². The second kappa shape index (κ2) is 9.46. The van der Waals surface area contributed by atoms with E-state index in [4.69, 9.17) is 14.1 Å². The monoisotopic (exact) mass is 505 g/mol. The van der Waals surface area contributed by atoms with E-state index >= 15 is 0 Å². The van der Waals surface area contributed by atoms with Gasteiger partial charge in [-0.25, -0.2) is 27.5 Å². The summed E-state index contributed by atoms with van der Waals surface area (Å²) in [6, 6.07) is 11.8. The van der Waals surface area contributed by atoms with E-state index in [-0.39, 0.29) is 41.5 Å². The van der Waals surface area contributed by atoms with Gasteiger partial charge in [-0.05, 0) is 24.6 Å². The SMILES string of the molecule is O=C(NC1=NC2(c3ccc(F)cc3F)COC(c3nc(C(F)F)co3)CC2CS1)c1ccccc1. The Kier molecular flexibility index (Phi) is 6.37. The van der Waals surface area contributed by atoms with Gasteiger partial charge in [0.15, 0.2) is 5.17 Å². The minimum absolute atomic E-state index is 0.00522. The highest BCUT2D eigenvalue weighted by Gasteiger charge is 2.51. The number of hydrogen-bond acceptors (Lipinski definition) is 6. The van der Waals surface area contributed by atoms with Crippen LogP contribution in [0.4, 0.5) is 17.6 Å². The molecule has 2 aromatic carbocycles. The fraction of sp³-hybridized carbons (Fsp3) is 0.292. The van der Waals surface area contributed by atoms with Crippen LogP contribution in [0, 0.1) is 17.6 Å². The molecule has 1 aromatic heterocycles. The molecular formula is C24H19F4N3O3S. The molecule has 5 rings (SSSR count). The Labute approximate surface area is 201 Å². The van der Waals surface area contributed by atoms with Gasteiger partial charge in [0.05, 0.1) is 6.61 Å². The van der Waals surface area contributed by atoms with Gasteiger partial charge in [-0.2, -0.15) is 0 Å². The van der Waals surface area contributed by atoms with Crippen molar-refractivity contribution in [2.24, 2.45) is 10.9 Å². The number of halogens is 4. The molecule has 2 aliphatic rings. The maximum Gasteiger partial charge on any atom is 0.283 e. The molecule has 0 saturated carbocycles. The van der Waals surface area contributed by atoms with Crippen molar-refractivity contribution >= 4 is 22.8 Å². The molecule has 1 saturated heterocycles. The highest BCUT2D eigenvalue weighted by atomic mass is 32.2. The molecule has 1 N–H and O–H groups in total. The summed E-state index contributed by atoms with van der Waals surface area (Å²) in [6.45, 7) is -0.150. The largest absolute Gasteiger partial charge is 0.446 e. The molecule has 3 aromatic rings. The maximum absolute atomic E-state index is 15.0. The lowest BCUT2D eigenvalue weighted by Gasteiger charge is -2.46. The summed E-state index contributed by atoms with van der Waals surface area (Å²) >= 11 is 1.28. The molecule has 0 bridgehead atoms. The van der Waals surface area contributed by atoms with Gasteiger partial charge >= 0.3 is 0 Å². The smallest absolute Gasteiger partial charge is 0.283 e. The van der Waals surface area contributed by atoms with E-state index in [0.717, 1.165) is 18.4 Å². The number of fused-ring (bicyclic) bond motifs is 1. The normalized spacial score (nSPS) is 24.1. The molecule has 3 atom stereocenters. The van der Waals surface area contributed by atoms with E-state index in [1.165, 1.54) is 17.8 Å². The lowest BCUT2D eigenvalue weighted by Crippen LogP contribution is -2.49. The highest BCUT2D eigenvalue weighted by Crippen LogP contribution is 2.49. The first kappa shape index (κ1) is 23.6. The van der Waals surface area contributed by atoms with E-state index in [1.807, 2.05) is 0 Å². The van der Waals surface area contributed by atoms with Crippen LogP contribution in [0.25, 0.3) is 0 Å². The Bertz CT molecular complexity index is 1270. The molecule has 3 unspecified atom stereocenters. The fourth-order valence-electron chi connectivity index (χ4n) is 4.33. The predicted octanol–water partition coefficient (Wildman–Crippen LogP) is 5.40. The molecule has 0 radical (unpaired) electrons. The van der Waals surface area contributed by atoms with Crippen LogP contribution in [-0.2, 0) is 10.3 Å². The van der Waals surface area contributed by atoms with Crippen molar-refractivity contribution in [1.29, 1.82) is 0 Å². The zero-order valence-corrected chi connectivity index (χ0v) is 18.9. The van der Waals surface area contributed by atoms with Crippen molar-refractivity contribution in [2.75, 3.05) is 12.4 Å². The molecular weight excluding hydrogens is 486 g/mol. The zero-order chi connectivity index (χ0) is 24.6. The van der Waals surface area contributed by atoms with Crippen molar-refractivity contribution in [3.8, 4) is 0 Å². The lowest BCUT2D eigenvalue weighted by atomic mass is 9.75. The second-order valence-electron chi connectivity index (χ2n) is 8.24. The van der Waals surface area contributed by atoms with Crippen LogP contribution in [0.3, 0.4) is 0 Å². The van der Waals surface area contributed by atoms with Crippen LogP contribution in [0.2, 0.25) is 0 Å². The van der Waals surface area contributed by atoms with Gasteiger partial charge < -0.3 is 14.5 Å². The summed E-state index contributed by atoms with van der Waals surface area (Å²) < 4.78 is 65.7. The number of aromatic nitrogens is 1. The molecule has 1 amide bonds. The van der Waals surface area contributed by atoms with Crippen LogP contribution in [0.15, 0.2) is 64.2 Å². The Hall–Kier alpha value is -3.18. The van der Waals surface area contributed by atoms with E-state index in [1.54, 1.807) is 30.3 Å². The molecule has 0 spiro atoms. The van der Waals surface area contributed by atoms with Gasteiger partial charge in [0.2, 0.25) is 5.89 Å². The topological polar surface area (TPSA) is 76.7 Å². The summed E-state index contributed by atoms with van der Waals surface area (Å²) in [5.74, 6) is -1.83. The van der Waals surface area contributed by atoms with Crippen molar-refractivity contribution in [3.05, 3.63) is 89.1 Å². The van der Waals surface area contributed by atoms with Gasteiger partial charge in [0.25, 0.3) is 12.3 Å². The highest BCUT2D eigenvalue weighted by molar-refractivity contribution is 8.13. The number of carbonyl (C=O) groups is 1. The number of benzene rings is 2. The predicted molar refractivity (Wildman–Crippen MR) is 120 cm³/mol. The summed E-state index contributed by atoms with van der Waals surface area (Å²) in [6.07, 6.45) is -2.39. The second-order valence-corrected chi connectivity index (χ2v) is 9.25. The Morgan fingerprint density at radius 2 is 1.97 bits per heavy atom. The molecule has 2 aliphatic heterocycles. The third-order valence-electron chi connectivity index (χ3n) is 6.09. The van der Waals surface area contributed by atoms with E-state index < -0.39 is 35.4 Å². The summed E-state index contributed by atoms with van der Waals surface area (Å²) in [4.78, 5) is 21.2. The number of amidine groups is 1. The number of oxazole rings is 1. The zero-order valence-electron chi connectivity index (χ0n) is 18.1. The summed E-state index contributed by atoms with van der Waals surface area (Å²) in [5, 5.41) is 3.03. The van der Waals surface area contributed by atoms with Gasteiger partial charge in [-0.1, -0.05) is 36.0 Å². The number of nitrogens with one attached hydrogen (secondary N) is 1. The number of thioether (sulfide) groups is 1. The summed E-state index contributed by atoms with van der Waals surface area (Å²) in [5.41, 5.74) is -1.21. The van der Waals surface area contributed by atoms with Crippen molar-refractivity contribution in [3.63, 3.8) is 0 Å². The number of rotatable bonds is 4. The first-order chi connectivity index (χ1) is 16.9. The van der Waals surface area contributed by atoms with Crippen LogP contribution < -0.4 is 5.32 Å². The summed E-state index contributed by atoms with van der Waals surface area (Å²) in [7, 11) is 0. The molecule has 35 heavy (non-hydrogen) atoms. The third kappa shape index (κ3) is 4.57. The van der Waals surface area contributed by atoms with E-state index in [0.29, 0.717) is 11.3 Å². The van der Waals surface area contributed by atoms with Crippen LogP contribution in [0.5, 0.6) is 0 Å². The number of ether oxygens (including phenoxy) is 1. The maximum atomic E-state index is 15.0. The number of carbonyl (C=O) groups excluding carboxylic acids is 1. The number of amides is 1. The number of alkyl halides is 2. The average molecular weight is 505 g/mol. The Morgan fingerprint density at radius 3 is 2.69 bits per heavy atom. The minimum atomic E-state index is -2.78. The van der Waals surface area contributed by atoms with Gasteiger partial charge in [0.1, 0.15) is 35.2 Å². The lowest BCUT2D eigenvalue weighted by molar-refractivity contribution is -0.0698. The van der Waals surface area contributed by atoms with Crippen molar-refractivity contribution in [1.82, 2.24) is 10.3 Å². The number of aliphatic imine (C=N–C) groups is 1. The molecule has 182 valence electrons. The third-order valence-corrected chi connectivity index (χ3v) is 7.13.